The minimum Gasteiger partial charge on any atom is -0.383 e. The Hall–Kier alpha value is -2.18. The fourth-order valence-corrected chi connectivity index (χ4v) is 6.13. The molecule has 6 heteroatoms. The first kappa shape index (κ1) is 24.0. The van der Waals surface area contributed by atoms with Gasteiger partial charge in [0.15, 0.2) is 0 Å². The summed E-state index contributed by atoms with van der Waals surface area (Å²) in [6.07, 6.45) is 7.37. The fourth-order valence-electron chi connectivity index (χ4n) is 5.23. The molecule has 0 radical (unpaired) electrons. The molecule has 2 heterocycles. The van der Waals surface area contributed by atoms with E-state index in [1.807, 2.05) is 4.90 Å². The number of nitrogens with zero attached hydrogens (tertiary/aromatic N) is 2. The van der Waals surface area contributed by atoms with Crippen LogP contribution >= 0.6 is 11.3 Å². The molecule has 0 bridgehead atoms. The van der Waals surface area contributed by atoms with Crippen LogP contribution in [0.25, 0.3) is 0 Å². The maximum absolute atomic E-state index is 13.6. The number of thiophene rings is 1. The molecule has 2 amide bonds. The van der Waals surface area contributed by atoms with Gasteiger partial charge in [0.25, 0.3) is 0 Å². The molecule has 1 aromatic heterocycles. The maximum Gasteiger partial charge on any atom is 0.242 e. The Balaban J connectivity index is 1.49. The summed E-state index contributed by atoms with van der Waals surface area (Å²) in [6.45, 7) is 3.78. The molecule has 1 atom stereocenters. The van der Waals surface area contributed by atoms with E-state index in [1.54, 1.807) is 23.3 Å². The summed E-state index contributed by atoms with van der Waals surface area (Å²) < 4.78 is 5.25. The van der Waals surface area contributed by atoms with Crippen LogP contribution in [-0.4, -0.2) is 55.0 Å². The largest absolute Gasteiger partial charge is 0.383 e. The molecule has 1 aliphatic heterocycles. The minimum atomic E-state index is -0.0917. The van der Waals surface area contributed by atoms with E-state index in [0.29, 0.717) is 32.0 Å². The standard InChI is InChI=1S/C27H36N2O3S/c1-20-7-10-22(11-8-20)27-23-14-18-33-24(23)13-15-29(27)26(31)19-28(16-17-32-2)25(30)12-9-21-5-3-4-6-21/h7-8,10-11,14,18,21,27H,3-6,9,12-13,15-17,19H2,1-2H3. The molecule has 178 valence electrons. The number of hydrogen-bond acceptors (Lipinski definition) is 4. The molecule has 5 nitrogen and oxygen atoms in total. The van der Waals surface area contributed by atoms with Crippen LogP contribution in [0, 0.1) is 12.8 Å². The van der Waals surface area contributed by atoms with E-state index >= 15 is 0 Å². The van der Waals surface area contributed by atoms with Gasteiger partial charge in [0.2, 0.25) is 11.8 Å². The molecule has 0 spiro atoms. The number of amides is 2. The van der Waals surface area contributed by atoms with Crippen molar-refractivity contribution in [1.82, 2.24) is 9.80 Å². The first-order chi connectivity index (χ1) is 16.1. The van der Waals surface area contributed by atoms with Crippen LogP contribution in [0.4, 0.5) is 0 Å². The minimum absolute atomic E-state index is 0.0164. The Kier molecular flexibility index (Phi) is 8.20. The molecular weight excluding hydrogens is 432 g/mol. The average molecular weight is 469 g/mol. The van der Waals surface area contributed by atoms with Crippen molar-refractivity contribution in [1.29, 1.82) is 0 Å². The van der Waals surface area contributed by atoms with Gasteiger partial charge in [0.1, 0.15) is 0 Å². The van der Waals surface area contributed by atoms with Gasteiger partial charge in [-0.3, -0.25) is 9.59 Å². The fraction of sp³-hybridized carbons (Fsp3) is 0.556. The number of carbonyl (C=O) groups is 2. The van der Waals surface area contributed by atoms with Gasteiger partial charge in [0.05, 0.1) is 19.2 Å². The van der Waals surface area contributed by atoms with Gasteiger partial charge in [0, 0.05) is 31.5 Å². The maximum atomic E-state index is 13.6. The van der Waals surface area contributed by atoms with Gasteiger partial charge in [-0.1, -0.05) is 55.5 Å². The van der Waals surface area contributed by atoms with Gasteiger partial charge in [-0.15, -0.1) is 11.3 Å². The highest BCUT2D eigenvalue weighted by molar-refractivity contribution is 7.10. The van der Waals surface area contributed by atoms with Gasteiger partial charge < -0.3 is 14.5 Å². The first-order valence-corrected chi connectivity index (χ1v) is 13.1. The highest BCUT2D eigenvalue weighted by Gasteiger charge is 2.34. The average Bonchev–Trinajstić information content (AvgIpc) is 3.52. The van der Waals surface area contributed by atoms with Crippen molar-refractivity contribution in [3.8, 4) is 0 Å². The summed E-state index contributed by atoms with van der Waals surface area (Å²) >= 11 is 1.77. The van der Waals surface area contributed by atoms with Crippen LogP contribution in [0.15, 0.2) is 35.7 Å². The van der Waals surface area contributed by atoms with Gasteiger partial charge >= 0.3 is 0 Å². The Morgan fingerprint density at radius 3 is 2.64 bits per heavy atom. The Bertz CT molecular complexity index is 933. The van der Waals surface area contributed by atoms with Crippen LogP contribution in [0.1, 0.15) is 66.1 Å². The third kappa shape index (κ3) is 5.85. The van der Waals surface area contributed by atoms with Crippen molar-refractivity contribution in [3.05, 3.63) is 57.3 Å². The molecular formula is C27H36N2O3S. The van der Waals surface area contributed by atoms with Crippen LogP contribution in [0.2, 0.25) is 0 Å². The molecule has 1 aromatic carbocycles. The summed E-state index contributed by atoms with van der Waals surface area (Å²) in [7, 11) is 1.64. The van der Waals surface area contributed by atoms with Crippen molar-refractivity contribution < 1.29 is 14.3 Å². The lowest BCUT2D eigenvalue weighted by Crippen LogP contribution is -2.47. The second kappa shape index (κ2) is 11.3. The Morgan fingerprint density at radius 2 is 1.91 bits per heavy atom. The van der Waals surface area contributed by atoms with E-state index in [9.17, 15) is 9.59 Å². The molecule has 1 saturated carbocycles. The van der Waals surface area contributed by atoms with Crippen LogP contribution < -0.4 is 0 Å². The summed E-state index contributed by atoms with van der Waals surface area (Å²) in [6, 6.07) is 10.5. The van der Waals surface area contributed by atoms with Crippen molar-refractivity contribution in [2.75, 3.05) is 33.4 Å². The number of carbonyl (C=O) groups excluding carboxylic acids is 2. The second-order valence-corrected chi connectivity index (χ2v) is 10.4. The third-order valence-corrected chi connectivity index (χ3v) is 8.16. The lowest BCUT2D eigenvalue weighted by atomic mass is 9.92. The van der Waals surface area contributed by atoms with E-state index in [0.717, 1.165) is 18.4 Å². The number of fused-ring (bicyclic) bond motifs is 1. The van der Waals surface area contributed by atoms with Crippen molar-refractivity contribution >= 4 is 23.2 Å². The number of aryl methyl sites for hydroxylation is 1. The molecule has 1 aliphatic carbocycles. The quantitative estimate of drug-likeness (QED) is 0.522. The Morgan fingerprint density at radius 1 is 1.15 bits per heavy atom. The Labute approximate surface area is 201 Å². The smallest absolute Gasteiger partial charge is 0.242 e. The molecule has 1 fully saturated rings. The summed E-state index contributed by atoms with van der Waals surface area (Å²) in [4.78, 5) is 31.7. The molecule has 2 aliphatic rings. The number of hydrogen-bond donors (Lipinski definition) is 0. The van der Waals surface area contributed by atoms with E-state index in [1.165, 1.54) is 41.7 Å². The number of benzene rings is 1. The molecule has 4 rings (SSSR count). The molecule has 0 saturated heterocycles. The SMILES string of the molecule is COCCN(CC(=O)N1CCc2sccc2C1c1ccc(C)cc1)C(=O)CCC1CCCC1. The third-order valence-electron chi connectivity index (χ3n) is 7.16. The summed E-state index contributed by atoms with van der Waals surface area (Å²) in [5.41, 5.74) is 3.56. The zero-order chi connectivity index (χ0) is 23.2. The molecule has 0 N–H and O–H groups in total. The van der Waals surface area contributed by atoms with Crippen LogP contribution in [0.5, 0.6) is 0 Å². The van der Waals surface area contributed by atoms with Crippen LogP contribution in [-0.2, 0) is 20.7 Å². The number of ether oxygens (including phenoxy) is 1. The van der Waals surface area contributed by atoms with Gasteiger partial charge in [-0.25, -0.2) is 0 Å². The number of methoxy groups -OCH3 is 1. The second-order valence-electron chi connectivity index (χ2n) is 9.45. The highest BCUT2D eigenvalue weighted by Crippen LogP contribution is 2.38. The number of rotatable bonds is 9. The topological polar surface area (TPSA) is 49.9 Å². The predicted octanol–water partition coefficient (Wildman–Crippen LogP) is 4.98. The highest BCUT2D eigenvalue weighted by atomic mass is 32.1. The van der Waals surface area contributed by atoms with E-state index in [2.05, 4.69) is 42.6 Å². The van der Waals surface area contributed by atoms with Crippen LogP contribution in [0.3, 0.4) is 0 Å². The summed E-state index contributed by atoms with van der Waals surface area (Å²) in [5.74, 6) is 0.758. The normalized spacial score (nSPS) is 18.4. The van der Waals surface area contributed by atoms with E-state index in [4.69, 9.17) is 4.74 Å². The van der Waals surface area contributed by atoms with Crippen molar-refractivity contribution in [3.63, 3.8) is 0 Å². The van der Waals surface area contributed by atoms with Crippen molar-refractivity contribution in [2.24, 2.45) is 5.92 Å². The zero-order valence-corrected chi connectivity index (χ0v) is 20.7. The molecule has 1 unspecified atom stereocenters. The predicted molar refractivity (Wildman–Crippen MR) is 132 cm³/mol. The van der Waals surface area contributed by atoms with E-state index in [-0.39, 0.29) is 24.4 Å². The lowest BCUT2D eigenvalue weighted by Gasteiger charge is -2.37. The van der Waals surface area contributed by atoms with E-state index < -0.39 is 0 Å². The summed E-state index contributed by atoms with van der Waals surface area (Å²) in [5, 5.41) is 2.12. The van der Waals surface area contributed by atoms with Crippen molar-refractivity contribution in [2.45, 2.75) is 57.9 Å². The monoisotopic (exact) mass is 468 g/mol. The van der Waals surface area contributed by atoms with Gasteiger partial charge in [-0.05, 0) is 48.3 Å². The molecule has 2 aromatic rings. The lowest BCUT2D eigenvalue weighted by molar-refractivity contribution is -0.142. The first-order valence-electron chi connectivity index (χ1n) is 12.3. The molecule has 33 heavy (non-hydrogen) atoms. The van der Waals surface area contributed by atoms with Gasteiger partial charge in [-0.2, -0.15) is 0 Å². The zero-order valence-electron chi connectivity index (χ0n) is 19.9.